The van der Waals surface area contributed by atoms with Crippen molar-refractivity contribution in [2.24, 2.45) is 0 Å². The van der Waals surface area contributed by atoms with Gasteiger partial charge in [0, 0.05) is 28.7 Å². The van der Waals surface area contributed by atoms with E-state index in [0.29, 0.717) is 28.0 Å². The van der Waals surface area contributed by atoms with E-state index in [2.05, 4.69) is 10.6 Å². The van der Waals surface area contributed by atoms with E-state index >= 15 is 0 Å². The summed E-state index contributed by atoms with van der Waals surface area (Å²) in [6.07, 6.45) is 2.89. The van der Waals surface area contributed by atoms with E-state index in [1.165, 1.54) is 11.3 Å². The van der Waals surface area contributed by atoms with Crippen LogP contribution in [0.3, 0.4) is 0 Å². The number of nitrogens with zero attached hydrogens (tertiary/aromatic N) is 1. The Hall–Kier alpha value is -1.61. The third-order valence-electron chi connectivity index (χ3n) is 4.07. The number of hydrogen-bond acceptors (Lipinski definition) is 4. The van der Waals surface area contributed by atoms with E-state index in [9.17, 15) is 13.2 Å². The molecule has 0 spiro atoms. The number of benzene rings is 1. The molecule has 2 aromatic rings. The highest BCUT2D eigenvalue weighted by atomic mass is 35.5. The minimum atomic E-state index is -3.42. The SMILES string of the molecule is O=C(NCc1ccc(S(=O)(=O)N2CCCCC2)s1)Nc1ccc(Cl)cc1. The summed E-state index contributed by atoms with van der Waals surface area (Å²) in [5, 5.41) is 6.02. The Bertz CT molecular complexity index is 860. The first-order valence-corrected chi connectivity index (χ1v) is 11.0. The van der Waals surface area contributed by atoms with E-state index < -0.39 is 10.0 Å². The van der Waals surface area contributed by atoms with Crippen molar-refractivity contribution in [2.45, 2.75) is 30.0 Å². The van der Waals surface area contributed by atoms with Crippen LogP contribution in [0.15, 0.2) is 40.6 Å². The molecule has 2 N–H and O–H groups in total. The molecule has 6 nitrogen and oxygen atoms in total. The second-order valence-corrected chi connectivity index (χ2v) is 9.77. The maximum Gasteiger partial charge on any atom is 0.319 e. The number of halogens is 1. The molecule has 1 aromatic heterocycles. The number of carbonyl (C=O) groups excluding carboxylic acids is 1. The number of anilines is 1. The van der Waals surface area contributed by atoms with Gasteiger partial charge in [-0.1, -0.05) is 18.0 Å². The maximum absolute atomic E-state index is 12.6. The molecule has 0 aliphatic carbocycles. The monoisotopic (exact) mass is 413 g/mol. The van der Waals surface area contributed by atoms with Crippen LogP contribution in [-0.4, -0.2) is 31.8 Å². The molecule has 1 aromatic carbocycles. The van der Waals surface area contributed by atoms with Crippen molar-refractivity contribution in [3.05, 3.63) is 46.3 Å². The fraction of sp³-hybridized carbons (Fsp3) is 0.353. The average Bonchev–Trinajstić information content (AvgIpc) is 3.13. The van der Waals surface area contributed by atoms with Crippen molar-refractivity contribution in [1.82, 2.24) is 9.62 Å². The molecule has 0 bridgehead atoms. The zero-order chi connectivity index (χ0) is 18.6. The van der Waals surface area contributed by atoms with E-state index in [-0.39, 0.29) is 12.6 Å². The Labute approximate surface area is 162 Å². The van der Waals surface area contributed by atoms with Crippen LogP contribution in [0.5, 0.6) is 0 Å². The highest BCUT2D eigenvalue weighted by Crippen LogP contribution is 2.27. The lowest BCUT2D eigenvalue weighted by atomic mass is 10.2. The van der Waals surface area contributed by atoms with E-state index in [0.717, 1.165) is 24.1 Å². The van der Waals surface area contributed by atoms with Gasteiger partial charge < -0.3 is 10.6 Å². The lowest BCUT2D eigenvalue weighted by molar-refractivity contribution is 0.252. The number of carbonyl (C=O) groups is 1. The summed E-state index contributed by atoms with van der Waals surface area (Å²) >= 11 is 7.00. The van der Waals surface area contributed by atoms with Crippen molar-refractivity contribution < 1.29 is 13.2 Å². The van der Waals surface area contributed by atoms with Crippen LogP contribution in [0.4, 0.5) is 10.5 Å². The highest BCUT2D eigenvalue weighted by Gasteiger charge is 2.27. The van der Waals surface area contributed by atoms with Crippen LogP contribution in [-0.2, 0) is 16.6 Å². The molecule has 2 heterocycles. The molecule has 140 valence electrons. The Morgan fingerprint density at radius 2 is 1.77 bits per heavy atom. The summed E-state index contributed by atoms with van der Waals surface area (Å²) in [4.78, 5) is 12.7. The largest absolute Gasteiger partial charge is 0.333 e. The molecule has 1 aliphatic rings. The smallest absolute Gasteiger partial charge is 0.319 e. The number of hydrogen-bond donors (Lipinski definition) is 2. The lowest BCUT2D eigenvalue weighted by Gasteiger charge is -2.25. The lowest BCUT2D eigenvalue weighted by Crippen LogP contribution is -2.35. The summed E-state index contributed by atoms with van der Waals surface area (Å²) in [7, 11) is -3.42. The molecule has 0 radical (unpaired) electrons. The van der Waals surface area contributed by atoms with Gasteiger partial charge in [0.1, 0.15) is 4.21 Å². The van der Waals surface area contributed by atoms with E-state index in [4.69, 9.17) is 11.6 Å². The number of urea groups is 1. The molecule has 1 saturated heterocycles. The normalized spacial score (nSPS) is 15.6. The first-order chi connectivity index (χ1) is 12.4. The van der Waals surface area contributed by atoms with Crippen molar-refractivity contribution in [1.29, 1.82) is 0 Å². The third kappa shape index (κ3) is 4.76. The van der Waals surface area contributed by atoms with Crippen LogP contribution < -0.4 is 10.6 Å². The fourth-order valence-corrected chi connectivity index (χ4v) is 5.79. The van der Waals surface area contributed by atoms with Crippen LogP contribution in [0.2, 0.25) is 5.02 Å². The highest BCUT2D eigenvalue weighted by molar-refractivity contribution is 7.91. The molecule has 0 saturated carbocycles. The molecule has 0 unspecified atom stereocenters. The first-order valence-electron chi connectivity index (χ1n) is 8.34. The molecular formula is C17H20ClN3O3S2. The Balaban J connectivity index is 1.56. The molecule has 26 heavy (non-hydrogen) atoms. The standard InChI is InChI=1S/C17H20ClN3O3S2/c18-13-4-6-14(7-5-13)20-17(22)19-12-15-8-9-16(25-15)26(23,24)21-10-2-1-3-11-21/h4-9H,1-3,10-12H2,(H2,19,20,22). The van der Waals surface area contributed by atoms with E-state index in [1.54, 1.807) is 40.7 Å². The van der Waals surface area contributed by atoms with Gasteiger partial charge in [-0.15, -0.1) is 11.3 Å². The fourth-order valence-electron chi connectivity index (χ4n) is 2.70. The molecule has 3 rings (SSSR count). The van der Waals surface area contributed by atoms with Gasteiger partial charge in [-0.2, -0.15) is 4.31 Å². The van der Waals surface area contributed by atoms with E-state index in [1.807, 2.05) is 0 Å². The minimum absolute atomic E-state index is 0.264. The van der Waals surface area contributed by atoms with Gasteiger partial charge in [-0.05, 0) is 49.2 Å². The Morgan fingerprint density at radius 3 is 2.46 bits per heavy atom. The quantitative estimate of drug-likeness (QED) is 0.780. The van der Waals surface area contributed by atoms with Crippen LogP contribution >= 0.6 is 22.9 Å². The summed E-state index contributed by atoms with van der Waals surface area (Å²) in [5.74, 6) is 0. The summed E-state index contributed by atoms with van der Waals surface area (Å²) in [6.45, 7) is 1.42. The maximum atomic E-state index is 12.6. The van der Waals surface area contributed by atoms with Crippen molar-refractivity contribution >= 4 is 44.7 Å². The van der Waals surface area contributed by atoms with Crippen LogP contribution in [0, 0.1) is 0 Å². The number of sulfonamides is 1. The van der Waals surface area contributed by atoms with Crippen LogP contribution in [0.1, 0.15) is 24.1 Å². The number of nitrogens with one attached hydrogen (secondary N) is 2. The van der Waals surface area contributed by atoms with Crippen molar-refractivity contribution in [3.8, 4) is 0 Å². The zero-order valence-corrected chi connectivity index (χ0v) is 16.5. The molecule has 2 amide bonds. The second-order valence-electron chi connectivity index (χ2n) is 6.00. The van der Waals surface area contributed by atoms with Gasteiger partial charge in [0.05, 0.1) is 6.54 Å². The molecule has 1 fully saturated rings. The van der Waals surface area contributed by atoms with Gasteiger partial charge in [0.15, 0.2) is 0 Å². The number of rotatable bonds is 5. The third-order valence-corrected chi connectivity index (χ3v) is 7.77. The second kappa shape index (κ2) is 8.39. The number of amides is 2. The predicted octanol–water partition coefficient (Wildman–Crippen LogP) is 3.90. The van der Waals surface area contributed by atoms with Crippen molar-refractivity contribution in [3.63, 3.8) is 0 Å². The van der Waals surface area contributed by atoms with Gasteiger partial charge >= 0.3 is 6.03 Å². The Morgan fingerprint density at radius 1 is 1.08 bits per heavy atom. The minimum Gasteiger partial charge on any atom is -0.333 e. The summed E-state index contributed by atoms with van der Waals surface area (Å²) in [6, 6.07) is 9.78. The molecule has 9 heteroatoms. The van der Waals surface area contributed by atoms with Gasteiger partial charge in [-0.3, -0.25) is 0 Å². The van der Waals surface area contributed by atoms with Gasteiger partial charge in [-0.25, -0.2) is 13.2 Å². The average molecular weight is 414 g/mol. The Kier molecular flexibility index (Phi) is 6.18. The summed E-state index contributed by atoms with van der Waals surface area (Å²) in [5.41, 5.74) is 0.631. The van der Waals surface area contributed by atoms with Gasteiger partial charge in [0.2, 0.25) is 0 Å². The first kappa shape index (κ1) is 19.2. The summed E-state index contributed by atoms with van der Waals surface area (Å²) < 4.78 is 27.1. The van der Waals surface area contributed by atoms with Gasteiger partial charge in [0.25, 0.3) is 10.0 Å². The molecule has 1 aliphatic heterocycles. The molecular weight excluding hydrogens is 394 g/mol. The van der Waals surface area contributed by atoms with Crippen LogP contribution in [0.25, 0.3) is 0 Å². The van der Waals surface area contributed by atoms with Crippen molar-refractivity contribution in [2.75, 3.05) is 18.4 Å². The molecule has 0 atom stereocenters. The number of piperidine rings is 1. The predicted molar refractivity (Wildman–Crippen MR) is 104 cm³/mol. The number of thiophene rings is 1. The zero-order valence-electron chi connectivity index (χ0n) is 14.1. The topological polar surface area (TPSA) is 78.5 Å².